The van der Waals surface area contributed by atoms with Gasteiger partial charge in [-0.25, -0.2) is 4.98 Å². The number of anilines is 1. The SMILES string of the molecule is CCc1nsc(NCC2CN(CC)CCO2)n1. The van der Waals surface area contributed by atoms with Crippen LogP contribution < -0.4 is 5.32 Å². The van der Waals surface area contributed by atoms with E-state index in [0.29, 0.717) is 0 Å². The smallest absolute Gasteiger partial charge is 0.202 e. The van der Waals surface area contributed by atoms with Gasteiger partial charge in [-0.2, -0.15) is 4.37 Å². The summed E-state index contributed by atoms with van der Waals surface area (Å²) in [6, 6.07) is 0. The summed E-state index contributed by atoms with van der Waals surface area (Å²) in [6.07, 6.45) is 1.15. The summed E-state index contributed by atoms with van der Waals surface area (Å²) >= 11 is 1.43. The molecule has 1 aliphatic heterocycles. The number of morpholine rings is 1. The number of likely N-dealkylation sites (N-methyl/N-ethyl adjacent to an activating group) is 1. The first-order chi connectivity index (χ1) is 8.31. The van der Waals surface area contributed by atoms with E-state index in [1.807, 2.05) is 0 Å². The third-order valence-electron chi connectivity index (χ3n) is 2.94. The number of hydrogen-bond donors (Lipinski definition) is 1. The first-order valence-corrected chi connectivity index (χ1v) is 6.99. The summed E-state index contributed by atoms with van der Waals surface area (Å²) in [7, 11) is 0. The molecule has 0 radical (unpaired) electrons. The van der Waals surface area contributed by atoms with E-state index in [1.54, 1.807) is 0 Å². The largest absolute Gasteiger partial charge is 0.374 e. The van der Waals surface area contributed by atoms with Crippen LogP contribution in [-0.4, -0.2) is 53.1 Å². The van der Waals surface area contributed by atoms with Crippen molar-refractivity contribution in [1.29, 1.82) is 0 Å². The highest BCUT2D eigenvalue weighted by molar-refractivity contribution is 7.09. The topological polar surface area (TPSA) is 50.3 Å². The van der Waals surface area contributed by atoms with Gasteiger partial charge in [-0.1, -0.05) is 13.8 Å². The van der Waals surface area contributed by atoms with Gasteiger partial charge in [0.1, 0.15) is 5.82 Å². The van der Waals surface area contributed by atoms with E-state index in [0.717, 1.165) is 50.2 Å². The van der Waals surface area contributed by atoms with E-state index in [9.17, 15) is 0 Å². The van der Waals surface area contributed by atoms with Crippen molar-refractivity contribution in [3.8, 4) is 0 Å². The molecule has 0 amide bonds. The van der Waals surface area contributed by atoms with Crippen LogP contribution in [0.25, 0.3) is 0 Å². The third-order valence-corrected chi connectivity index (χ3v) is 3.65. The van der Waals surface area contributed by atoms with Crippen molar-refractivity contribution < 1.29 is 4.74 Å². The van der Waals surface area contributed by atoms with Gasteiger partial charge in [-0.05, 0) is 6.54 Å². The molecule has 2 heterocycles. The number of nitrogens with zero attached hydrogens (tertiary/aromatic N) is 3. The zero-order valence-corrected chi connectivity index (χ0v) is 11.3. The molecule has 0 bridgehead atoms. The van der Waals surface area contributed by atoms with Crippen LogP contribution in [0.1, 0.15) is 19.7 Å². The lowest BCUT2D eigenvalue weighted by molar-refractivity contribution is -0.0191. The fourth-order valence-corrected chi connectivity index (χ4v) is 2.52. The molecule has 1 unspecified atom stereocenters. The van der Waals surface area contributed by atoms with Crippen LogP contribution in [0.2, 0.25) is 0 Å². The minimum Gasteiger partial charge on any atom is -0.374 e. The Bertz CT molecular complexity index is 344. The molecule has 1 atom stereocenters. The minimum atomic E-state index is 0.262. The van der Waals surface area contributed by atoms with Crippen molar-refractivity contribution in [3.05, 3.63) is 5.82 Å². The average molecular weight is 256 g/mol. The summed E-state index contributed by atoms with van der Waals surface area (Å²) in [4.78, 5) is 6.79. The second-order valence-corrected chi connectivity index (χ2v) is 4.89. The van der Waals surface area contributed by atoms with Gasteiger partial charge in [0, 0.05) is 37.6 Å². The van der Waals surface area contributed by atoms with Crippen LogP contribution in [0.4, 0.5) is 5.13 Å². The molecule has 0 aromatic carbocycles. The van der Waals surface area contributed by atoms with Crippen LogP contribution in [0.3, 0.4) is 0 Å². The van der Waals surface area contributed by atoms with Crippen LogP contribution in [0, 0.1) is 0 Å². The molecule has 1 N–H and O–H groups in total. The van der Waals surface area contributed by atoms with E-state index in [-0.39, 0.29) is 6.10 Å². The highest BCUT2D eigenvalue weighted by Gasteiger charge is 2.19. The molecule has 0 aliphatic carbocycles. The van der Waals surface area contributed by atoms with Crippen molar-refractivity contribution in [2.24, 2.45) is 0 Å². The molecule has 2 rings (SSSR count). The summed E-state index contributed by atoms with van der Waals surface area (Å²) < 4.78 is 9.96. The molecule has 17 heavy (non-hydrogen) atoms. The first-order valence-electron chi connectivity index (χ1n) is 6.22. The lowest BCUT2D eigenvalue weighted by Gasteiger charge is -2.32. The summed E-state index contributed by atoms with van der Waals surface area (Å²) in [5, 5.41) is 4.21. The standard InChI is InChI=1S/C11H20N4OS/c1-3-10-13-11(17-14-10)12-7-9-8-15(4-2)5-6-16-9/h9H,3-8H2,1-2H3,(H,12,13,14). The fraction of sp³-hybridized carbons (Fsp3) is 0.818. The highest BCUT2D eigenvalue weighted by atomic mass is 32.1. The number of ether oxygens (including phenoxy) is 1. The maximum absolute atomic E-state index is 5.72. The molecule has 5 nitrogen and oxygen atoms in total. The molecular weight excluding hydrogens is 236 g/mol. The first kappa shape index (κ1) is 12.7. The van der Waals surface area contributed by atoms with E-state index >= 15 is 0 Å². The third kappa shape index (κ3) is 3.62. The molecule has 0 saturated carbocycles. The predicted octanol–water partition coefficient (Wildman–Crippen LogP) is 1.23. The van der Waals surface area contributed by atoms with E-state index in [4.69, 9.17) is 4.74 Å². The maximum Gasteiger partial charge on any atom is 0.202 e. The van der Waals surface area contributed by atoms with E-state index in [1.165, 1.54) is 11.5 Å². The molecule has 1 aromatic rings. The number of nitrogens with one attached hydrogen (secondary N) is 1. The Morgan fingerprint density at radius 2 is 2.41 bits per heavy atom. The number of aromatic nitrogens is 2. The summed E-state index contributed by atoms with van der Waals surface area (Å²) in [5.41, 5.74) is 0. The minimum absolute atomic E-state index is 0.262. The zero-order chi connectivity index (χ0) is 12.1. The second-order valence-electron chi connectivity index (χ2n) is 4.14. The van der Waals surface area contributed by atoms with E-state index < -0.39 is 0 Å². The molecule has 1 aliphatic rings. The lowest BCUT2D eigenvalue weighted by Crippen LogP contribution is -2.45. The van der Waals surface area contributed by atoms with Crippen molar-refractivity contribution in [3.63, 3.8) is 0 Å². The van der Waals surface area contributed by atoms with Crippen LogP contribution in [0.15, 0.2) is 0 Å². The van der Waals surface area contributed by atoms with Crippen LogP contribution in [0.5, 0.6) is 0 Å². The van der Waals surface area contributed by atoms with Crippen molar-refractivity contribution in [2.75, 3.05) is 38.1 Å². The second kappa shape index (κ2) is 6.28. The predicted molar refractivity (Wildman–Crippen MR) is 69.6 cm³/mol. The molecule has 1 fully saturated rings. The van der Waals surface area contributed by atoms with Gasteiger partial charge in [0.2, 0.25) is 5.13 Å². The Morgan fingerprint density at radius 1 is 1.53 bits per heavy atom. The fourth-order valence-electron chi connectivity index (χ4n) is 1.86. The highest BCUT2D eigenvalue weighted by Crippen LogP contribution is 2.12. The van der Waals surface area contributed by atoms with Crippen LogP contribution >= 0.6 is 11.5 Å². The number of rotatable bonds is 5. The quantitative estimate of drug-likeness (QED) is 0.859. The number of aryl methyl sites for hydroxylation is 1. The van der Waals surface area contributed by atoms with Gasteiger partial charge in [0.15, 0.2) is 0 Å². The Hall–Kier alpha value is -0.720. The summed E-state index contributed by atoms with van der Waals surface area (Å²) in [6.45, 7) is 9.04. The van der Waals surface area contributed by atoms with Gasteiger partial charge in [-0.15, -0.1) is 0 Å². The molecule has 6 heteroatoms. The Labute approximate surface area is 106 Å². The van der Waals surface area contributed by atoms with Gasteiger partial charge < -0.3 is 10.1 Å². The van der Waals surface area contributed by atoms with E-state index in [2.05, 4.69) is 33.4 Å². The monoisotopic (exact) mass is 256 g/mol. The maximum atomic E-state index is 5.72. The summed E-state index contributed by atoms with van der Waals surface area (Å²) in [5.74, 6) is 0.914. The Morgan fingerprint density at radius 3 is 3.12 bits per heavy atom. The number of hydrogen-bond acceptors (Lipinski definition) is 6. The molecule has 0 spiro atoms. The van der Waals surface area contributed by atoms with Crippen molar-refractivity contribution in [1.82, 2.24) is 14.3 Å². The van der Waals surface area contributed by atoms with Crippen molar-refractivity contribution >= 4 is 16.7 Å². The molecular formula is C11H20N4OS. The lowest BCUT2D eigenvalue weighted by atomic mass is 10.2. The molecule has 1 saturated heterocycles. The molecule has 1 aromatic heterocycles. The average Bonchev–Trinajstić information content (AvgIpc) is 2.84. The zero-order valence-electron chi connectivity index (χ0n) is 10.5. The van der Waals surface area contributed by atoms with Crippen molar-refractivity contribution in [2.45, 2.75) is 26.4 Å². The Kier molecular flexibility index (Phi) is 4.70. The van der Waals surface area contributed by atoms with Gasteiger partial charge >= 0.3 is 0 Å². The Balaban J connectivity index is 1.77. The normalized spacial score (nSPS) is 21.6. The molecule has 96 valence electrons. The van der Waals surface area contributed by atoms with Gasteiger partial charge in [0.25, 0.3) is 0 Å². The van der Waals surface area contributed by atoms with Crippen LogP contribution in [-0.2, 0) is 11.2 Å². The van der Waals surface area contributed by atoms with Gasteiger partial charge in [-0.3, -0.25) is 4.90 Å². The van der Waals surface area contributed by atoms with Gasteiger partial charge in [0.05, 0.1) is 12.7 Å².